The zero-order chi connectivity index (χ0) is 15.3. The van der Waals surface area contributed by atoms with Crippen LogP contribution in [0.4, 0.5) is 0 Å². The van der Waals surface area contributed by atoms with Crippen molar-refractivity contribution in [2.45, 2.75) is 5.60 Å². The lowest BCUT2D eigenvalue weighted by molar-refractivity contribution is -0.163. The minimum Gasteiger partial charge on any atom is -0.497 e. The van der Waals surface area contributed by atoms with Crippen LogP contribution in [0, 0.1) is 0 Å². The normalized spacial score (nSPS) is 13.2. The third-order valence-electron chi connectivity index (χ3n) is 3.11. The maximum Gasteiger partial charge on any atom is 0.344 e. The third kappa shape index (κ3) is 3.32. The number of benzene rings is 2. The topological polar surface area (TPSA) is 76.0 Å². The molecule has 0 aromatic heterocycles. The number of aliphatic carboxylic acids is 1. The van der Waals surface area contributed by atoms with Crippen LogP contribution in [0.25, 0.3) is 0 Å². The van der Waals surface area contributed by atoms with Crippen molar-refractivity contribution >= 4 is 5.97 Å². The van der Waals surface area contributed by atoms with Crippen molar-refractivity contribution in [1.82, 2.24) is 0 Å². The Morgan fingerprint density at radius 1 is 1.05 bits per heavy atom. The average Bonchev–Trinajstić information content (AvgIpc) is 2.53. The van der Waals surface area contributed by atoms with Gasteiger partial charge in [-0.25, -0.2) is 4.79 Å². The van der Waals surface area contributed by atoms with Crippen LogP contribution in [0.3, 0.4) is 0 Å². The lowest BCUT2D eigenvalue weighted by atomic mass is 9.95. The van der Waals surface area contributed by atoms with Gasteiger partial charge in [0.2, 0.25) is 5.60 Å². The van der Waals surface area contributed by atoms with Crippen LogP contribution in [-0.4, -0.2) is 29.9 Å². The molecule has 0 amide bonds. The molecule has 1 unspecified atom stereocenters. The van der Waals surface area contributed by atoms with Crippen molar-refractivity contribution in [1.29, 1.82) is 0 Å². The second kappa shape index (κ2) is 6.28. The van der Waals surface area contributed by atoms with Gasteiger partial charge in [0, 0.05) is 0 Å². The lowest BCUT2D eigenvalue weighted by Crippen LogP contribution is -2.41. The number of carbonyl (C=O) groups is 1. The minimum absolute atomic E-state index is 0.228. The van der Waals surface area contributed by atoms with Crippen LogP contribution in [0.5, 0.6) is 11.5 Å². The molecule has 110 valence electrons. The van der Waals surface area contributed by atoms with E-state index in [4.69, 9.17) is 9.47 Å². The van der Waals surface area contributed by atoms with E-state index < -0.39 is 18.2 Å². The van der Waals surface area contributed by atoms with Gasteiger partial charge in [0.1, 0.15) is 18.1 Å². The number of ether oxygens (including phenoxy) is 2. The van der Waals surface area contributed by atoms with Gasteiger partial charge < -0.3 is 19.7 Å². The fourth-order valence-electron chi connectivity index (χ4n) is 1.84. The second-order valence-corrected chi connectivity index (χ2v) is 4.50. The molecule has 0 aliphatic rings. The standard InChI is InChI=1S/C16H16O5/c1-20-13-9-7-12(8-10-13)16(19,15(17)18)11-21-14-5-3-2-4-6-14/h2-10,19H,11H2,1H3,(H,17,18). The van der Waals surface area contributed by atoms with Gasteiger partial charge in [0.05, 0.1) is 7.11 Å². The molecule has 0 aliphatic carbocycles. The van der Waals surface area contributed by atoms with Crippen LogP contribution < -0.4 is 9.47 Å². The summed E-state index contributed by atoms with van der Waals surface area (Å²) in [5.41, 5.74) is -1.89. The number of para-hydroxylation sites is 1. The summed E-state index contributed by atoms with van der Waals surface area (Å²) >= 11 is 0. The molecule has 0 spiro atoms. The Morgan fingerprint density at radius 3 is 2.19 bits per heavy atom. The number of hydrogen-bond acceptors (Lipinski definition) is 4. The summed E-state index contributed by atoms with van der Waals surface area (Å²) in [5.74, 6) is -0.301. The van der Waals surface area contributed by atoms with Crippen molar-refractivity contribution < 1.29 is 24.5 Å². The summed E-state index contributed by atoms with van der Waals surface area (Å²) in [6, 6.07) is 14.9. The Kier molecular flexibility index (Phi) is 4.45. The number of rotatable bonds is 6. The number of methoxy groups -OCH3 is 1. The quantitative estimate of drug-likeness (QED) is 0.850. The smallest absolute Gasteiger partial charge is 0.344 e. The maximum atomic E-state index is 11.4. The van der Waals surface area contributed by atoms with Crippen LogP contribution in [-0.2, 0) is 10.4 Å². The highest BCUT2D eigenvalue weighted by Crippen LogP contribution is 2.25. The number of hydrogen-bond donors (Lipinski definition) is 2. The van der Waals surface area contributed by atoms with Crippen molar-refractivity contribution in [2.75, 3.05) is 13.7 Å². The Bertz CT molecular complexity index is 594. The largest absolute Gasteiger partial charge is 0.497 e. The molecule has 0 saturated carbocycles. The van der Waals surface area contributed by atoms with Gasteiger partial charge in [0.25, 0.3) is 0 Å². The van der Waals surface area contributed by atoms with Crippen LogP contribution in [0.1, 0.15) is 5.56 Å². The van der Waals surface area contributed by atoms with Gasteiger partial charge in [-0.1, -0.05) is 30.3 Å². The molecular weight excluding hydrogens is 272 g/mol. The highest BCUT2D eigenvalue weighted by Gasteiger charge is 2.39. The molecule has 5 nitrogen and oxygen atoms in total. The van der Waals surface area contributed by atoms with Crippen molar-refractivity contribution in [3.63, 3.8) is 0 Å². The van der Waals surface area contributed by atoms with Crippen LogP contribution in [0.2, 0.25) is 0 Å². The first kappa shape index (κ1) is 14.9. The molecule has 21 heavy (non-hydrogen) atoms. The number of carboxylic acid groups (broad SMARTS) is 1. The third-order valence-corrected chi connectivity index (χ3v) is 3.11. The summed E-state index contributed by atoms with van der Waals surface area (Å²) in [6.45, 7) is -0.390. The average molecular weight is 288 g/mol. The molecule has 0 bridgehead atoms. The summed E-state index contributed by atoms with van der Waals surface area (Å²) in [5, 5.41) is 19.7. The summed E-state index contributed by atoms with van der Waals surface area (Å²) in [4.78, 5) is 11.4. The van der Waals surface area contributed by atoms with Gasteiger partial charge in [-0.05, 0) is 29.8 Å². The Morgan fingerprint density at radius 2 is 1.67 bits per heavy atom. The van der Waals surface area contributed by atoms with E-state index in [2.05, 4.69) is 0 Å². The molecule has 0 fully saturated rings. The zero-order valence-corrected chi connectivity index (χ0v) is 11.5. The van der Waals surface area contributed by atoms with Crippen LogP contribution in [0.15, 0.2) is 54.6 Å². The van der Waals surface area contributed by atoms with Crippen LogP contribution >= 0.6 is 0 Å². The van der Waals surface area contributed by atoms with Gasteiger partial charge in [-0.3, -0.25) is 0 Å². The zero-order valence-electron chi connectivity index (χ0n) is 11.5. The molecule has 0 heterocycles. The SMILES string of the molecule is COc1ccc(C(O)(COc2ccccc2)C(=O)O)cc1. The first-order chi connectivity index (χ1) is 10.1. The summed E-state index contributed by atoms with van der Waals surface area (Å²) < 4.78 is 10.4. The molecule has 5 heteroatoms. The van der Waals surface area contributed by atoms with E-state index in [1.54, 1.807) is 36.4 Å². The van der Waals surface area contributed by atoms with Gasteiger partial charge in [-0.15, -0.1) is 0 Å². The van der Waals surface area contributed by atoms with E-state index in [-0.39, 0.29) is 5.56 Å². The molecule has 2 rings (SSSR count). The van der Waals surface area contributed by atoms with Gasteiger partial charge >= 0.3 is 5.97 Å². The molecule has 2 N–H and O–H groups in total. The Labute approximate surface area is 122 Å². The predicted octanol–water partition coefficient (Wildman–Crippen LogP) is 2.05. The molecule has 0 saturated heterocycles. The monoisotopic (exact) mass is 288 g/mol. The molecule has 2 aromatic carbocycles. The second-order valence-electron chi connectivity index (χ2n) is 4.50. The fourth-order valence-corrected chi connectivity index (χ4v) is 1.84. The maximum absolute atomic E-state index is 11.4. The molecule has 2 aromatic rings. The van der Waals surface area contributed by atoms with E-state index >= 15 is 0 Å². The Balaban J connectivity index is 2.21. The number of carboxylic acids is 1. The highest BCUT2D eigenvalue weighted by molar-refractivity contribution is 5.79. The molecule has 0 radical (unpaired) electrons. The first-order valence-electron chi connectivity index (χ1n) is 6.34. The fraction of sp³-hybridized carbons (Fsp3) is 0.188. The van der Waals surface area contributed by atoms with E-state index in [1.165, 1.54) is 19.2 Å². The first-order valence-corrected chi connectivity index (χ1v) is 6.34. The lowest BCUT2D eigenvalue weighted by Gasteiger charge is -2.24. The summed E-state index contributed by atoms with van der Waals surface area (Å²) in [6.07, 6.45) is 0. The Hall–Kier alpha value is -2.53. The van der Waals surface area contributed by atoms with E-state index in [0.29, 0.717) is 11.5 Å². The van der Waals surface area contributed by atoms with Gasteiger partial charge in [0.15, 0.2) is 0 Å². The molecule has 0 aliphatic heterocycles. The molecule has 1 atom stereocenters. The van der Waals surface area contributed by atoms with Crippen molar-refractivity contribution in [3.05, 3.63) is 60.2 Å². The molecular formula is C16H16O5. The summed E-state index contributed by atoms with van der Waals surface area (Å²) in [7, 11) is 1.51. The van der Waals surface area contributed by atoms with E-state index in [1.807, 2.05) is 6.07 Å². The van der Waals surface area contributed by atoms with E-state index in [0.717, 1.165) is 0 Å². The highest BCUT2D eigenvalue weighted by atomic mass is 16.5. The van der Waals surface area contributed by atoms with Crippen molar-refractivity contribution in [2.24, 2.45) is 0 Å². The van der Waals surface area contributed by atoms with Crippen molar-refractivity contribution in [3.8, 4) is 11.5 Å². The van der Waals surface area contributed by atoms with Gasteiger partial charge in [-0.2, -0.15) is 0 Å². The van der Waals surface area contributed by atoms with E-state index in [9.17, 15) is 15.0 Å². The minimum atomic E-state index is -2.12. The number of aliphatic hydroxyl groups is 1. The predicted molar refractivity (Wildman–Crippen MR) is 76.5 cm³/mol.